The van der Waals surface area contributed by atoms with E-state index in [4.69, 9.17) is 14.6 Å². The summed E-state index contributed by atoms with van der Waals surface area (Å²) in [5.41, 5.74) is 6.23. The number of amides is 1. The van der Waals surface area contributed by atoms with E-state index < -0.39 is 30.7 Å². The van der Waals surface area contributed by atoms with Gasteiger partial charge in [0.2, 0.25) is 0 Å². The zero-order valence-corrected chi connectivity index (χ0v) is 23.4. The fraction of sp³-hybridized carbons (Fsp3) is 0.182. The van der Waals surface area contributed by atoms with Crippen LogP contribution in [0.4, 0.5) is 9.18 Å². The molecule has 2 aromatic heterocycles. The fourth-order valence-electron chi connectivity index (χ4n) is 5.66. The van der Waals surface area contributed by atoms with Crippen LogP contribution in [0.3, 0.4) is 0 Å². The first kappa shape index (κ1) is 27.6. The van der Waals surface area contributed by atoms with Crippen LogP contribution in [0.5, 0.6) is 11.5 Å². The third-order valence-electron chi connectivity index (χ3n) is 7.81. The number of fused-ring (bicyclic) bond motifs is 4. The second-order valence-corrected chi connectivity index (χ2v) is 10.6. The number of aliphatic hydroxyl groups is 2. The van der Waals surface area contributed by atoms with Gasteiger partial charge < -0.3 is 24.7 Å². The van der Waals surface area contributed by atoms with Crippen molar-refractivity contribution in [2.24, 2.45) is 0 Å². The second kappa shape index (κ2) is 11.4. The van der Waals surface area contributed by atoms with Crippen molar-refractivity contribution < 1.29 is 28.9 Å². The molecule has 7 rings (SSSR count). The molecule has 3 N–H and O–H groups in total. The molecule has 0 radical (unpaired) electrons. The molecule has 2 atom stereocenters. The van der Waals surface area contributed by atoms with Crippen LogP contribution in [0.25, 0.3) is 27.6 Å². The summed E-state index contributed by atoms with van der Waals surface area (Å²) in [6, 6.07) is 25.9. The van der Waals surface area contributed by atoms with Gasteiger partial charge in [0.25, 0.3) is 0 Å². The van der Waals surface area contributed by atoms with E-state index in [-0.39, 0.29) is 12.4 Å². The van der Waals surface area contributed by atoms with Crippen LogP contribution in [0.2, 0.25) is 0 Å². The summed E-state index contributed by atoms with van der Waals surface area (Å²) in [6.07, 6.45) is -0.974. The van der Waals surface area contributed by atoms with Gasteiger partial charge in [-0.05, 0) is 84.3 Å². The van der Waals surface area contributed by atoms with Crippen LogP contribution in [-0.4, -0.2) is 67.0 Å². The van der Waals surface area contributed by atoms with E-state index in [1.807, 2.05) is 53.2 Å². The molecule has 1 aliphatic heterocycles. The first-order chi connectivity index (χ1) is 21.5. The zero-order valence-electron chi connectivity index (χ0n) is 23.4. The Bertz CT molecular complexity index is 1950. The Morgan fingerprint density at radius 1 is 1.02 bits per heavy atom. The quantitative estimate of drug-likeness (QED) is 0.240. The minimum Gasteiger partial charge on any atom is -0.491 e. The maximum atomic E-state index is 13.6. The highest BCUT2D eigenvalue weighted by Crippen LogP contribution is 2.40. The summed E-state index contributed by atoms with van der Waals surface area (Å²) in [5.74, 6) is 0.336. The Morgan fingerprint density at radius 3 is 2.59 bits per heavy atom. The lowest BCUT2D eigenvalue weighted by atomic mass is 9.92. The second-order valence-electron chi connectivity index (χ2n) is 10.6. The zero-order chi connectivity index (χ0) is 30.2. The first-order valence-corrected chi connectivity index (χ1v) is 14.2. The molecule has 222 valence electrons. The average molecular weight is 594 g/mol. The Hall–Kier alpha value is -5.26. The number of nitrogens with one attached hydrogen (secondary N) is 1. The number of H-pyrrole nitrogens is 1. The molecule has 0 bridgehead atoms. The summed E-state index contributed by atoms with van der Waals surface area (Å²) in [6.45, 7) is -0.0731. The predicted octanol–water partition coefficient (Wildman–Crippen LogP) is 4.92. The predicted molar refractivity (Wildman–Crippen MR) is 160 cm³/mol. The van der Waals surface area contributed by atoms with Crippen LogP contribution >= 0.6 is 0 Å². The van der Waals surface area contributed by atoms with Crippen molar-refractivity contribution in [1.29, 1.82) is 0 Å². The number of hydrogen-bond donors (Lipinski definition) is 3. The highest BCUT2D eigenvalue weighted by molar-refractivity contribution is 5.88. The molecule has 10 nitrogen and oxygen atoms in total. The van der Waals surface area contributed by atoms with E-state index in [1.54, 1.807) is 17.0 Å². The van der Waals surface area contributed by atoms with Gasteiger partial charge in [-0.25, -0.2) is 13.9 Å². The standard InChI is InChI=1S/C33H28FN5O5/c34-21-7-12-25(13-8-21)44-33(42)38-16-15-26-27-17-22(39-30-4-2-1-3-29(30)36-37-39)9-14-28(27)35-31(26)32(38)20-5-10-24(11-6-20)43-19-23(41)18-40/h1-14,17,23,32,35,40-41H,15-16,18-19H2. The molecule has 1 amide bonds. The highest BCUT2D eigenvalue weighted by Gasteiger charge is 2.36. The van der Waals surface area contributed by atoms with Crippen LogP contribution in [0.1, 0.15) is 22.9 Å². The SMILES string of the molecule is O=C(Oc1ccc(F)cc1)N1CCc2c([nH]c3ccc(-n4nnc5ccccc54)cc23)C1c1ccc(OCC(O)CO)cc1. The number of aliphatic hydroxyl groups excluding tert-OH is 2. The van der Waals surface area contributed by atoms with Gasteiger partial charge in [0.05, 0.1) is 17.8 Å². The van der Waals surface area contributed by atoms with Crippen molar-refractivity contribution in [1.82, 2.24) is 24.9 Å². The largest absolute Gasteiger partial charge is 0.491 e. The topological polar surface area (TPSA) is 126 Å². The van der Waals surface area contributed by atoms with Gasteiger partial charge in [-0.3, -0.25) is 4.90 Å². The number of aromatic nitrogens is 4. The molecule has 2 unspecified atom stereocenters. The van der Waals surface area contributed by atoms with Gasteiger partial charge in [0.1, 0.15) is 41.6 Å². The van der Waals surface area contributed by atoms with E-state index in [9.17, 15) is 14.3 Å². The number of carbonyl (C=O) groups is 1. The summed E-state index contributed by atoms with van der Waals surface area (Å²) in [7, 11) is 0. The summed E-state index contributed by atoms with van der Waals surface area (Å²) in [4.78, 5) is 18.8. The number of carbonyl (C=O) groups excluding carboxylic acids is 1. The van der Waals surface area contributed by atoms with Crippen molar-refractivity contribution in [3.63, 3.8) is 0 Å². The van der Waals surface area contributed by atoms with Crippen LogP contribution in [-0.2, 0) is 6.42 Å². The van der Waals surface area contributed by atoms with Crippen LogP contribution in [0, 0.1) is 5.82 Å². The van der Waals surface area contributed by atoms with E-state index in [1.165, 1.54) is 24.3 Å². The van der Waals surface area contributed by atoms with Gasteiger partial charge in [-0.15, -0.1) is 5.10 Å². The van der Waals surface area contributed by atoms with Gasteiger partial charge in [-0.2, -0.15) is 0 Å². The Morgan fingerprint density at radius 2 is 1.80 bits per heavy atom. The normalized spacial score (nSPS) is 15.3. The molecular weight excluding hydrogens is 565 g/mol. The van der Waals surface area contributed by atoms with E-state index >= 15 is 0 Å². The molecule has 0 saturated heterocycles. The van der Waals surface area contributed by atoms with Crippen LogP contribution in [0.15, 0.2) is 91.0 Å². The van der Waals surface area contributed by atoms with Crippen molar-refractivity contribution in [3.8, 4) is 17.2 Å². The van der Waals surface area contributed by atoms with Crippen molar-refractivity contribution >= 4 is 28.0 Å². The maximum absolute atomic E-state index is 13.6. The molecule has 44 heavy (non-hydrogen) atoms. The van der Waals surface area contributed by atoms with E-state index in [2.05, 4.69) is 21.4 Å². The minimum absolute atomic E-state index is 0.0506. The Balaban J connectivity index is 1.27. The molecule has 0 aliphatic carbocycles. The van der Waals surface area contributed by atoms with Crippen molar-refractivity contribution in [2.45, 2.75) is 18.6 Å². The molecule has 6 aromatic rings. The number of nitrogens with zero attached hydrogens (tertiary/aromatic N) is 4. The fourth-order valence-corrected chi connectivity index (χ4v) is 5.66. The molecule has 0 saturated carbocycles. The number of benzene rings is 4. The number of ether oxygens (including phenoxy) is 2. The third kappa shape index (κ3) is 5.12. The number of para-hydroxylation sites is 1. The van der Waals surface area contributed by atoms with Gasteiger partial charge >= 0.3 is 6.09 Å². The monoisotopic (exact) mass is 593 g/mol. The molecule has 0 fully saturated rings. The third-order valence-corrected chi connectivity index (χ3v) is 7.81. The average Bonchev–Trinajstić information content (AvgIpc) is 3.66. The number of rotatable bonds is 7. The van der Waals surface area contributed by atoms with Crippen LogP contribution < -0.4 is 9.47 Å². The van der Waals surface area contributed by atoms with Gasteiger partial charge in [-0.1, -0.05) is 29.5 Å². The van der Waals surface area contributed by atoms with Crippen molar-refractivity contribution in [3.05, 3.63) is 114 Å². The van der Waals surface area contributed by atoms with Gasteiger partial charge in [0.15, 0.2) is 0 Å². The number of aromatic amines is 1. The van der Waals surface area contributed by atoms with E-state index in [0.29, 0.717) is 18.7 Å². The number of hydrogen-bond acceptors (Lipinski definition) is 7. The Labute approximate surface area is 250 Å². The van der Waals surface area contributed by atoms with E-state index in [0.717, 1.165) is 44.4 Å². The molecule has 4 aromatic carbocycles. The smallest absolute Gasteiger partial charge is 0.416 e. The Kier molecular flexibility index (Phi) is 7.17. The highest BCUT2D eigenvalue weighted by atomic mass is 19.1. The lowest BCUT2D eigenvalue weighted by Crippen LogP contribution is -2.42. The minimum atomic E-state index is -0.987. The molecular formula is C33H28FN5O5. The number of halogens is 1. The first-order valence-electron chi connectivity index (χ1n) is 14.2. The lowest BCUT2D eigenvalue weighted by Gasteiger charge is -2.35. The summed E-state index contributed by atoms with van der Waals surface area (Å²) in [5, 5.41) is 28.4. The lowest BCUT2D eigenvalue weighted by molar-refractivity contribution is 0.0536. The summed E-state index contributed by atoms with van der Waals surface area (Å²) < 4.78 is 26.6. The molecule has 11 heteroatoms. The summed E-state index contributed by atoms with van der Waals surface area (Å²) >= 11 is 0. The maximum Gasteiger partial charge on any atom is 0.416 e. The molecule has 3 heterocycles. The molecule has 1 aliphatic rings. The van der Waals surface area contributed by atoms with Gasteiger partial charge in [0, 0.05) is 23.1 Å². The molecule has 0 spiro atoms. The van der Waals surface area contributed by atoms with Crippen molar-refractivity contribution in [2.75, 3.05) is 19.8 Å².